The van der Waals surface area contributed by atoms with Crippen LogP contribution in [0.2, 0.25) is 0 Å². The average molecular weight is 280 g/mol. The van der Waals surface area contributed by atoms with E-state index >= 15 is 0 Å². The summed E-state index contributed by atoms with van der Waals surface area (Å²) in [6, 6.07) is 3.85. The number of nitrogens with one attached hydrogen (secondary N) is 1. The summed E-state index contributed by atoms with van der Waals surface area (Å²) in [5.74, 6) is -0.390. The molecule has 3 N–H and O–H groups in total. The largest absolute Gasteiger partial charge is 0.398 e. The number of hydrogen-bond acceptors (Lipinski definition) is 5. The van der Waals surface area contributed by atoms with E-state index in [4.69, 9.17) is 5.73 Å². The first kappa shape index (κ1) is 15.9. The van der Waals surface area contributed by atoms with Crippen LogP contribution in [-0.4, -0.2) is 41.9 Å². The molecule has 1 aromatic rings. The highest BCUT2D eigenvalue weighted by Crippen LogP contribution is 2.19. The number of non-ortho nitro benzene ring substituents is 1. The van der Waals surface area contributed by atoms with E-state index in [1.807, 2.05) is 13.8 Å². The van der Waals surface area contributed by atoms with E-state index in [-0.39, 0.29) is 16.9 Å². The number of carbonyl (C=O) groups is 1. The highest BCUT2D eigenvalue weighted by atomic mass is 16.6. The molecule has 0 bridgehead atoms. The van der Waals surface area contributed by atoms with Crippen LogP contribution < -0.4 is 11.1 Å². The molecule has 110 valence electrons. The normalized spacial score (nSPS) is 10.6. The van der Waals surface area contributed by atoms with E-state index in [0.717, 1.165) is 19.6 Å². The SMILES string of the molecule is CCN(CC)CCNC(=O)c1cc([N+](=O)[O-])ccc1N. The number of rotatable bonds is 7. The van der Waals surface area contributed by atoms with Gasteiger partial charge in [0.1, 0.15) is 0 Å². The number of nitrogens with zero attached hydrogens (tertiary/aromatic N) is 2. The molecule has 0 aliphatic heterocycles. The van der Waals surface area contributed by atoms with Crippen molar-refractivity contribution in [1.82, 2.24) is 10.2 Å². The third-order valence-corrected chi connectivity index (χ3v) is 3.10. The highest BCUT2D eigenvalue weighted by molar-refractivity contribution is 5.99. The standard InChI is InChI=1S/C13H20N4O3/c1-3-16(4-2)8-7-15-13(18)11-9-10(17(19)20)5-6-12(11)14/h5-6,9H,3-4,7-8,14H2,1-2H3,(H,15,18). The Morgan fingerprint density at radius 2 is 2.05 bits per heavy atom. The topological polar surface area (TPSA) is 102 Å². The molecule has 0 fully saturated rings. The molecule has 7 nitrogen and oxygen atoms in total. The van der Waals surface area contributed by atoms with E-state index in [2.05, 4.69) is 10.2 Å². The molecule has 0 unspecified atom stereocenters. The van der Waals surface area contributed by atoms with Crippen LogP contribution in [0.25, 0.3) is 0 Å². The molecule has 7 heteroatoms. The van der Waals surface area contributed by atoms with E-state index in [9.17, 15) is 14.9 Å². The molecule has 1 amide bonds. The van der Waals surface area contributed by atoms with Crippen LogP contribution in [0.3, 0.4) is 0 Å². The van der Waals surface area contributed by atoms with Crippen LogP contribution in [0.1, 0.15) is 24.2 Å². The fraction of sp³-hybridized carbons (Fsp3) is 0.462. The van der Waals surface area contributed by atoms with Crippen molar-refractivity contribution >= 4 is 17.3 Å². The summed E-state index contributed by atoms with van der Waals surface area (Å²) in [7, 11) is 0. The number of hydrogen-bond donors (Lipinski definition) is 2. The molecule has 0 aromatic heterocycles. The Hall–Kier alpha value is -2.15. The second-order valence-electron chi connectivity index (χ2n) is 4.31. The highest BCUT2D eigenvalue weighted by Gasteiger charge is 2.15. The van der Waals surface area contributed by atoms with E-state index in [0.29, 0.717) is 6.54 Å². The molecule has 0 aliphatic carbocycles. The summed E-state index contributed by atoms with van der Waals surface area (Å²) < 4.78 is 0. The maximum absolute atomic E-state index is 12.0. The number of nitrogen functional groups attached to an aromatic ring is 1. The minimum absolute atomic E-state index is 0.138. The van der Waals surface area contributed by atoms with Crippen LogP contribution in [-0.2, 0) is 0 Å². The van der Waals surface area contributed by atoms with Gasteiger partial charge in [-0.3, -0.25) is 14.9 Å². The first-order valence-electron chi connectivity index (χ1n) is 6.54. The fourth-order valence-corrected chi connectivity index (χ4v) is 1.82. The average Bonchev–Trinajstić information content (AvgIpc) is 2.43. The van der Waals surface area contributed by atoms with Crippen molar-refractivity contribution in [1.29, 1.82) is 0 Å². The van der Waals surface area contributed by atoms with Crippen LogP contribution in [0.15, 0.2) is 18.2 Å². The van der Waals surface area contributed by atoms with Crippen molar-refractivity contribution in [2.45, 2.75) is 13.8 Å². The molecule has 1 rings (SSSR count). The minimum atomic E-state index is -0.549. The van der Waals surface area contributed by atoms with Crippen molar-refractivity contribution in [2.75, 3.05) is 31.9 Å². The van der Waals surface area contributed by atoms with Gasteiger partial charge in [0.2, 0.25) is 0 Å². The van der Waals surface area contributed by atoms with Gasteiger partial charge in [-0.2, -0.15) is 0 Å². The lowest BCUT2D eigenvalue weighted by Crippen LogP contribution is -2.35. The van der Waals surface area contributed by atoms with Crippen molar-refractivity contribution in [3.8, 4) is 0 Å². The molecule has 0 heterocycles. The predicted octanol–water partition coefficient (Wildman–Crippen LogP) is 1.25. The monoisotopic (exact) mass is 280 g/mol. The maximum atomic E-state index is 12.0. The van der Waals surface area contributed by atoms with Crippen molar-refractivity contribution < 1.29 is 9.72 Å². The molecular weight excluding hydrogens is 260 g/mol. The minimum Gasteiger partial charge on any atom is -0.398 e. The van der Waals surface area contributed by atoms with Gasteiger partial charge >= 0.3 is 0 Å². The van der Waals surface area contributed by atoms with Crippen LogP contribution >= 0.6 is 0 Å². The summed E-state index contributed by atoms with van der Waals surface area (Å²) in [6.07, 6.45) is 0. The Balaban J connectivity index is 2.67. The molecular formula is C13H20N4O3. The Morgan fingerprint density at radius 1 is 1.40 bits per heavy atom. The van der Waals surface area contributed by atoms with Gasteiger partial charge in [-0.1, -0.05) is 13.8 Å². The Labute approximate surface area is 117 Å². The summed E-state index contributed by atoms with van der Waals surface area (Å²) in [4.78, 5) is 24.3. The third kappa shape index (κ3) is 4.20. The van der Waals surface area contributed by atoms with Gasteiger partial charge < -0.3 is 16.0 Å². The van der Waals surface area contributed by atoms with Crippen molar-refractivity contribution in [3.05, 3.63) is 33.9 Å². The molecule has 0 radical (unpaired) electrons. The zero-order valence-corrected chi connectivity index (χ0v) is 11.8. The van der Waals surface area contributed by atoms with E-state index in [1.54, 1.807) is 0 Å². The van der Waals surface area contributed by atoms with Gasteiger partial charge in [0.15, 0.2) is 0 Å². The molecule has 20 heavy (non-hydrogen) atoms. The summed E-state index contributed by atoms with van der Waals surface area (Å²) >= 11 is 0. The molecule has 0 saturated carbocycles. The lowest BCUT2D eigenvalue weighted by atomic mass is 10.1. The second-order valence-corrected chi connectivity index (χ2v) is 4.31. The molecule has 0 saturated heterocycles. The number of carbonyl (C=O) groups excluding carboxylic acids is 1. The number of nitro benzene ring substituents is 1. The first-order chi connectivity index (χ1) is 9.49. The Bertz CT molecular complexity index is 487. The van der Waals surface area contributed by atoms with Crippen LogP contribution in [0.4, 0.5) is 11.4 Å². The number of likely N-dealkylation sites (N-methyl/N-ethyl adjacent to an activating group) is 1. The smallest absolute Gasteiger partial charge is 0.270 e. The van der Waals surface area contributed by atoms with Crippen molar-refractivity contribution in [3.63, 3.8) is 0 Å². The number of nitro groups is 1. The van der Waals surface area contributed by atoms with E-state index in [1.165, 1.54) is 18.2 Å². The maximum Gasteiger partial charge on any atom is 0.270 e. The molecule has 0 atom stereocenters. The molecule has 0 aliphatic rings. The van der Waals surface area contributed by atoms with Gasteiger partial charge in [-0.25, -0.2) is 0 Å². The van der Waals surface area contributed by atoms with Gasteiger partial charge in [0.25, 0.3) is 11.6 Å². The summed E-state index contributed by atoms with van der Waals surface area (Å²) in [6.45, 7) is 7.11. The van der Waals surface area contributed by atoms with Gasteiger partial charge in [0.05, 0.1) is 10.5 Å². The van der Waals surface area contributed by atoms with Gasteiger partial charge in [-0.15, -0.1) is 0 Å². The Morgan fingerprint density at radius 3 is 2.60 bits per heavy atom. The van der Waals surface area contributed by atoms with Crippen LogP contribution in [0.5, 0.6) is 0 Å². The number of benzene rings is 1. The van der Waals surface area contributed by atoms with Gasteiger partial charge in [0, 0.05) is 30.9 Å². The molecule has 1 aromatic carbocycles. The zero-order chi connectivity index (χ0) is 15.1. The van der Waals surface area contributed by atoms with Crippen LogP contribution in [0, 0.1) is 10.1 Å². The lowest BCUT2D eigenvalue weighted by molar-refractivity contribution is -0.384. The Kier molecular flexibility index (Phi) is 5.92. The second kappa shape index (κ2) is 7.44. The number of nitrogens with two attached hydrogens (primary N) is 1. The molecule has 0 spiro atoms. The predicted molar refractivity (Wildman–Crippen MR) is 77.6 cm³/mol. The van der Waals surface area contributed by atoms with E-state index < -0.39 is 10.8 Å². The summed E-state index contributed by atoms with van der Waals surface area (Å²) in [5.41, 5.74) is 5.91. The van der Waals surface area contributed by atoms with Gasteiger partial charge in [-0.05, 0) is 19.2 Å². The lowest BCUT2D eigenvalue weighted by Gasteiger charge is -2.18. The van der Waals surface area contributed by atoms with Crippen molar-refractivity contribution in [2.24, 2.45) is 0 Å². The fourth-order valence-electron chi connectivity index (χ4n) is 1.82. The zero-order valence-electron chi connectivity index (χ0n) is 11.8. The summed E-state index contributed by atoms with van der Waals surface area (Å²) in [5, 5.41) is 13.4. The number of amides is 1. The number of anilines is 1. The first-order valence-corrected chi connectivity index (χ1v) is 6.54. The quantitative estimate of drug-likeness (QED) is 0.444. The third-order valence-electron chi connectivity index (χ3n) is 3.10.